The van der Waals surface area contributed by atoms with Gasteiger partial charge in [-0.25, -0.2) is 14.1 Å². The van der Waals surface area contributed by atoms with Crippen molar-refractivity contribution < 1.29 is 18.6 Å². The lowest BCUT2D eigenvalue weighted by molar-refractivity contribution is 0.0133. The Balaban J connectivity index is 1.96. The van der Waals surface area contributed by atoms with Crippen LogP contribution >= 0.6 is 0 Å². The minimum absolute atomic E-state index is 0.0933. The van der Waals surface area contributed by atoms with E-state index < -0.39 is 17.7 Å². The van der Waals surface area contributed by atoms with E-state index >= 15 is 0 Å². The topological polar surface area (TPSA) is 60.2 Å². The number of hydrogen-bond acceptors (Lipinski definition) is 4. The number of hydrogen-bond donors (Lipinski definition) is 1. The Morgan fingerprint density at radius 3 is 2.68 bits per heavy atom. The number of rotatable bonds is 7. The maximum Gasteiger partial charge on any atom is 0.200 e. The first-order chi connectivity index (χ1) is 11.8. The molecular formula is C18H23F2N3O2. The number of halogens is 2. The molecule has 0 aliphatic heterocycles. The van der Waals surface area contributed by atoms with Crippen LogP contribution in [0.15, 0.2) is 43.0 Å². The molecule has 1 aromatic carbocycles. The van der Waals surface area contributed by atoms with Gasteiger partial charge in [0, 0.05) is 0 Å². The SMILES string of the molecule is CC(C)(C)C(O)C(CC=CCOc1cccc(F)c1F)n1cncn1. The fraction of sp³-hybridized carbons (Fsp3) is 0.444. The second-order valence-electron chi connectivity index (χ2n) is 6.82. The first-order valence-corrected chi connectivity index (χ1v) is 8.04. The summed E-state index contributed by atoms with van der Waals surface area (Å²) in [6, 6.07) is 3.50. The predicted molar refractivity (Wildman–Crippen MR) is 90.1 cm³/mol. The molecule has 1 heterocycles. The lowest BCUT2D eigenvalue weighted by atomic mass is 9.83. The van der Waals surface area contributed by atoms with Gasteiger partial charge in [0.1, 0.15) is 19.3 Å². The number of aromatic nitrogens is 3. The molecule has 25 heavy (non-hydrogen) atoms. The predicted octanol–water partition coefficient (Wildman–Crippen LogP) is 3.53. The minimum Gasteiger partial charge on any atom is -0.486 e. The van der Waals surface area contributed by atoms with Gasteiger partial charge >= 0.3 is 0 Å². The summed E-state index contributed by atoms with van der Waals surface area (Å²) in [6.07, 6.45) is 6.35. The third kappa shape index (κ3) is 5.09. The maximum atomic E-state index is 13.5. The molecule has 2 unspecified atom stereocenters. The molecule has 7 heteroatoms. The van der Waals surface area contributed by atoms with E-state index in [0.29, 0.717) is 6.42 Å². The van der Waals surface area contributed by atoms with Gasteiger partial charge in [0.15, 0.2) is 11.6 Å². The average molecular weight is 351 g/mol. The Kier molecular flexibility index (Phi) is 6.25. The molecule has 5 nitrogen and oxygen atoms in total. The summed E-state index contributed by atoms with van der Waals surface area (Å²) in [5.74, 6) is -2.08. The van der Waals surface area contributed by atoms with E-state index in [-0.39, 0.29) is 23.8 Å². The molecule has 0 saturated heterocycles. The lowest BCUT2D eigenvalue weighted by Gasteiger charge is -2.32. The molecule has 0 saturated carbocycles. The molecule has 0 fully saturated rings. The highest BCUT2D eigenvalue weighted by molar-refractivity contribution is 5.25. The van der Waals surface area contributed by atoms with Crippen LogP contribution < -0.4 is 4.74 Å². The van der Waals surface area contributed by atoms with E-state index in [1.54, 1.807) is 17.1 Å². The van der Waals surface area contributed by atoms with Gasteiger partial charge in [-0.15, -0.1) is 0 Å². The van der Waals surface area contributed by atoms with Gasteiger partial charge in [0.25, 0.3) is 0 Å². The van der Waals surface area contributed by atoms with E-state index in [0.717, 1.165) is 6.07 Å². The summed E-state index contributed by atoms with van der Waals surface area (Å²) in [5, 5.41) is 14.7. The fourth-order valence-electron chi connectivity index (χ4n) is 2.38. The number of benzene rings is 1. The van der Waals surface area contributed by atoms with Crippen molar-refractivity contribution in [2.24, 2.45) is 5.41 Å². The van der Waals surface area contributed by atoms with Crippen molar-refractivity contribution in [3.05, 3.63) is 54.6 Å². The number of aliphatic hydroxyl groups excluding tert-OH is 1. The van der Waals surface area contributed by atoms with Crippen molar-refractivity contribution >= 4 is 0 Å². The second kappa shape index (κ2) is 8.20. The number of ether oxygens (including phenoxy) is 1. The van der Waals surface area contributed by atoms with Gasteiger partial charge in [-0.3, -0.25) is 0 Å². The van der Waals surface area contributed by atoms with Gasteiger partial charge in [-0.1, -0.05) is 39.0 Å². The van der Waals surface area contributed by atoms with E-state index in [4.69, 9.17) is 4.74 Å². The highest BCUT2D eigenvalue weighted by Crippen LogP contribution is 2.30. The monoisotopic (exact) mass is 351 g/mol. The van der Waals surface area contributed by atoms with Crippen molar-refractivity contribution in [3.8, 4) is 5.75 Å². The largest absolute Gasteiger partial charge is 0.486 e. The zero-order chi connectivity index (χ0) is 18.4. The molecule has 2 atom stereocenters. The smallest absolute Gasteiger partial charge is 0.200 e. The summed E-state index contributed by atoms with van der Waals surface area (Å²) >= 11 is 0. The van der Waals surface area contributed by atoms with Gasteiger partial charge in [0.2, 0.25) is 5.82 Å². The molecule has 0 aliphatic carbocycles. The molecule has 0 aliphatic rings. The third-order valence-electron chi connectivity index (χ3n) is 3.82. The van der Waals surface area contributed by atoms with Gasteiger partial charge < -0.3 is 9.84 Å². The zero-order valence-corrected chi connectivity index (χ0v) is 14.6. The van der Waals surface area contributed by atoms with Gasteiger partial charge in [-0.2, -0.15) is 9.49 Å². The standard InChI is InChI=1S/C18H23F2N3O2/c1-18(2,3)17(24)14(23-12-21-11-22-23)8-4-5-10-25-15-9-6-7-13(19)16(15)20/h4-7,9,11-12,14,17,24H,8,10H2,1-3H3. The molecule has 0 radical (unpaired) electrons. The number of allylic oxidation sites excluding steroid dienone is 1. The molecule has 2 rings (SSSR count). The van der Waals surface area contributed by atoms with Crippen LogP contribution in [0.4, 0.5) is 8.78 Å². The highest BCUT2D eigenvalue weighted by atomic mass is 19.2. The summed E-state index contributed by atoms with van der Waals surface area (Å²) in [5.41, 5.74) is -0.328. The van der Waals surface area contributed by atoms with Crippen molar-refractivity contribution in [1.29, 1.82) is 0 Å². The lowest BCUT2D eigenvalue weighted by Crippen LogP contribution is -2.35. The Morgan fingerprint density at radius 1 is 1.28 bits per heavy atom. The van der Waals surface area contributed by atoms with Crippen LogP contribution in [0.5, 0.6) is 5.75 Å². The van der Waals surface area contributed by atoms with Crippen LogP contribution in [0.25, 0.3) is 0 Å². The molecule has 0 spiro atoms. The molecular weight excluding hydrogens is 328 g/mol. The van der Waals surface area contributed by atoms with Crippen molar-refractivity contribution in [2.45, 2.75) is 39.3 Å². The molecule has 0 amide bonds. The van der Waals surface area contributed by atoms with E-state index in [9.17, 15) is 13.9 Å². The summed E-state index contributed by atoms with van der Waals surface area (Å²) < 4.78 is 33.4. The van der Waals surface area contributed by atoms with Crippen molar-refractivity contribution in [1.82, 2.24) is 14.8 Å². The molecule has 1 aromatic heterocycles. The van der Waals surface area contributed by atoms with E-state index in [1.165, 1.54) is 18.5 Å². The first kappa shape index (κ1) is 19.1. The third-order valence-corrected chi connectivity index (χ3v) is 3.82. The van der Waals surface area contributed by atoms with Crippen molar-refractivity contribution in [3.63, 3.8) is 0 Å². The quantitative estimate of drug-likeness (QED) is 0.775. The molecule has 136 valence electrons. The second-order valence-corrected chi connectivity index (χ2v) is 6.82. The Morgan fingerprint density at radius 2 is 2.04 bits per heavy atom. The Hall–Kier alpha value is -2.28. The Labute approximate surface area is 146 Å². The van der Waals surface area contributed by atoms with Gasteiger partial charge in [0.05, 0.1) is 12.1 Å². The average Bonchev–Trinajstić information content (AvgIpc) is 3.07. The summed E-state index contributed by atoms with van der Waals surface area (Å²) in [4.78, 5) is 3.92. The minimum atomic E-state index is -1.00. The van der Waals surface area contributed by atoms with Crippen molar-refractivity contribution in [2.75, 3.05) is 6.61 Å². The van der Waals surface area contributed by atoms with E-state index in [2.05, 4.69) is 10.1 Å². The zero-order valence-electron chi connectivity index (χ0n) is 14.6. The number of nitrogens with zero attached hydrogens (tertiary/aromatic N) is 3. The number of aliphatic hydroxyl groups is 1. The fourth-order valence-corrected chi connectivity index (χ4v) is 2.38. The summed E-state index contributed by atoms with van der Waals surface area (Å²) in [6.45, 7) is 5.93. The van der Waals surface area contributed by atoms with Crippen LogP contribution in [0.3, 0.4) is 0 Å². The van der Waals surface area contributed by atoms with Crippen LogP contribution in [0, 0.1) is 17.0 Å². The highest BCUT2D eigenvalue weighted by Gasteiger charge is 2.31. The summed E-state index contributed by atoms with van der Waals surface area (Å²) in [7, 11) is 0. The van der Waals surface area contributed by atoms with Crippen LogP contribution in [-0.4, -0.2) is 32.6 Å². The first-order valence-electron chi connectivity index (χ1n) is 8.04. The van der Waals surface area contributed by atoms with E-state index in [1.807, 2.05) is 26.8 Å². The molecule has 1 N–H and O–H groups in total. The molecule has 0 bridgehead atoms. The Bertz CT molecular complexity index is 697. The molecule has 2 aromatic rings. The maximum absolute atomic E-state index is 13.5. The van der Waals surface area contributed by atoms with Crippen LogP contribution in [-0.2, 0) is 0 Å². The van der Waals surface area contributed by atoms with Crippen LogP contribution in [0.1, 0.15) is 33.2 Å². The van der Waals surface area contributed by atoms with Gasteiger partial charge in [-0.05, 0) is 24.0 Å². The van der Waals surface area contributed by atoms with Crippen LogP contribution in [0.2, 0.25) is 0 Å². The normalized spacial score (nSPS) is 14.6.